The van der Waals surface area contributed by atoms with E-state index in [1.807, 2.05) is 51.1 Å². The highest BCUT2D eigenvalue weighted by Gasteiger charge is 2.43. The summed E-state index contributed by atoms with van der Waals surface area (Å²) >= 11 is 0. The number of benzene rings is 1. The van der Waals surface area contributed by atoms with Gasteiger partial charge in [-0.1, -0.05) is 51.1 Å². The van der Waals surface area contributed by atoms with Crippen molar-refractivity contribution in [1.82, 2.24) is 15.1 Å². The van der Waals surface area contributed by atoms with E-state index < -0.39 is 47.1 Å². The number of rotatable bonds is 7. The van der Waals surface area contributed by atoms with Crippen molar-refractivity contribution in [3.8, 4) is 0 Å². The number of carbonyl (C=O) groups is 4. The molecule has 1 saturated heterocycles. The fourth-order valence-electron chi connectivity index (χ4n) is 3.85. The molecule has 1 heterocycles. The number of ether oxygens (including phenoxy) is 2. The summed E-state index contributed by atoms with van der Waals surface area (Å²) in [6.07, 6.45) is 0.533. The van der Waals surface area contributed by atoms with Crippen LogP contribution in [0.1, 0.15) is 66.9 Å². The van der Waals surface area contributed by atoms with Crippen LogP contribution in [0.2, 0.25) is 0 Å². The molecule has 0 spiro atoms. The van der Waals surface area contributed by atoms with Gasteiger partial charge in [0.2, 0.25) is 11.8 Å². The average Bonchev–Trinajstić information content (AvgIpc) is 3.28. The van der Waals surface area contributed by atoms with Crippen LogP contribution in [0.5, 0.6) is 0 Å². The molecule has 1 fully saturated rings. The van der Waals surface area contributed by atoms with E-state index in [2.05, 4.69) is 5.32 Å². The predicted molar refractivity (Wildman–Crippen MR) is 136 cm³/mol. The summed E-state index contributed by atoms with van der Waals surface area (Å²) in [5, 5.41) is 2.82. The summed E-state index contributed by atoms with van der Waals surface area (Å²) in [7, 11) is 1.48. The Hall–Kier alpha value is -3.10. The van der Waals surface area contributed by atoms with Crippen LogP contribution < -0.4 is 5.32 Å². The van der Waals surface area contributed by atoms with E-state index in [-0.39, 0.29) is 12.5 Å². The van der Waals surface area contributed by atoms with Gasteiger partial charge in [-0.2, -0.15) is 0 Å². The van der Waals surface area contributed by atoms with Crippen LogP contribution in [0.4, 0.5) is 4.79 Å². The molecule has 9 heteroatoms. The maximum atomic E-state index is 13.6. The zero-order valence-corrected chi connectivity index (χ0v) is 22.8. The SMILES string of the molecule is C[C@@H](C(=O)N[C@H](C(=O)N1CCC[C@H]1C(=O)OCc1ccccc1)C(C)(C)C)N(C)C(=O)OC(C)(C)C. The molecule has 0 unspecified atom stereocenters. The zero-order valence-electron chi connectivity index (χ0n) is 22.8. The van der Waals surface area contributed by atoms with E-state index in [4.69, 9.17) is 9.47 Å². The Labute approximate surface area is 214 Å². The highest BCUT2D eigenvalue weighted by molar-refractivity contribution is 5.93. The van der Waals surface area contributed by atoms with Crippen molar-refractivity contribution in [1.29, 1.82) is 0 Å². The predicted octanol–water partition coefficient (Wildman–Crippen LogP) is 3.51. The number of hydrogen-bond donors (Lipinski definition) is 1. The second-order valence-corrected chi connectivity index (χ2v) is 11.4. The Bertz CT molecular complexity index is 935. The lowest BCUT2D eigenvalue weighted by molar-refractivity contribution is -0.156. The Kier molecular flexibility index (Phi) is 9.51. The van der Waals surface area contributed by atoms with Crippen LogP contribution in [0.3, 0.4) is 0 Å². The molecule has 1 aliphatic heterocycles. The molecule has 1 aliphatic rings. The first kappa shape index (κ1) is 29.1. The molecule has 0 radical (unpaired) electrons. The first-order valence-electron chi connectivity index (χ1n) is 12.4. The van der Waals surface area contributed by atoms with Gasteiger partial charge in [0.25, 0.3) is 0 Å². The maximum absolute atomic E-state index is 13.6. The van der Waals surface area contributed by atoms with Crippen molar-refractivity contribution in [2.75, 3.05) is 13.6 Å². The van der Waals surface area contributed by atoms with E-state index in [1.54, 1.807) is 27.7 Å². The number of likely N-dealkylation sites (tertiary alicyclic amines) is 1. The Morgan fingerprint density at radius 1 is 1.08 bits per heavy atom. The largest absolute Gasteiger partial charge is 0.459 e. The molecule has 0 aromatic heterocycles. The molecule has 1 aromatic carbocycles. The number of likely N-dealkylation sites (N-methyl/N-ethyl adjacent to an activating group) is 1. The number of carbonyl (C=O) groups excluding carboxylic acids is 4. The van der Waals surface area contributed by atoms with Crippen LogP contribution in [0.15, 0.2) is 30.3 Å². The number of esters is 1. The van der Waals surface area contributed by atoms with Crippen LogP contribution in [-0.4, -0.2) is 71.0 Å². The molecular formula is C27H41N3O6. The fraction of sp³-hybridized carbons (Fsp3) is 0.630. The van der Waals surface area contributed by atoms with Crippen LogP contribution >= 0.6 is 0 Å². The summed E-state index contributed by atoms with van der Waals surface area (Å²) in [5.74, 6) is -1.29. The van der Waals surface area contributed by atoms with Crippen LogP contribution in [0.25, 0.3) is 0 Å². The molecule has 1 N–H and O–H groups in total. The summed E-state index contributed by atoms with van der Waals surface area (Å²) in [6.45, 7) is 12.9. The average molecular weight is 504 g/mol. The topological polar surface area (TPSA) is 105 Å². The third-order valence-electron chi connectivity index (χ3n) is 6.07. The van der Waals surface area contributed by atoms with E-state index in [9.17, 15) is 19.2 Å². The molecule has 1 aromatic rings. The number of hydrogen-bond acceptors (Lipinski definition) is 6. The first-order valence-corrected chi connectivity index (χ1v) is 12.4. The lowest BCUT2D eigenvalue weighted by atomic mass is 9.85. The van der Waals surface area contributed by atoms with E-state index in [0.717, 1.165) is 5.56 Å². The number of amides is 3. The molecule has 2 rings (SSSR count). The highest BCUT2D eigenvalue weighted by Crippen LogP contribution is 2.27. The van der Waals surface area contributed by atoms with Gasteiger partial charge < -0.3 is 19.7 Å². The van der Waals surface area contributed by atoms with Gasteiger partial charge in [-0.3, -0.25) is 14.5 Å². The van der Waals surface area contributed by atoms with Gasteiger partial charge in [0, 0.05) is 13.6 Å². The van der Waals surface area contributed by atoms with Crippen molar-refractivity contribution < 1.29 is 28.7 Å². The third-order valence-corrected chi connectivity index (χ3v) is 6.07. The molecule has 3 atom stereocenters. The summed E-state index contributed by atoms with van der Waals surface area (Å²) < 4.78 is 10.8. The molecule has 0 aliphatic carbocycles. The first-order chi connectivity index (χ1) is 16.6. The van der Waals surface area contributed by atoms with Gasteiger partial charge in [0.15, 0.2) is 0 Å². The fourth-order valence-corrected chi connectivity index (χ4v) is 3.85. The van der Waals surface area contributed by atoms with Gasteiger partial charge in [-0.15, -0.1) is 0 Å². The van der Waals surface area contributed by atoms with Gasteiger partial charge in [-0.25, -0.2) is 9.59 Å². The molecule has 200 valence electrons. The summed E-state index contributed by atoms with van der Waals surface area (Å²) in [4.78, 5) is 54.7. The second-order valence-electron chi connectivity index (χ2n) is 11.4. The lowest BCUT2D eigenvalue weighted by Crippen LogP contribution is -2.59. The van der Waals surface area contributed by atoms with E-state index in [0.29, 0.717) is 19.4 Å². The third kappa shape index (κ3) is 7.96. The van der Waals surface area contributed by atoms with Crippen LogP contribution in [0, 0.1) is 5.41 Å². The minimum absolute atomic E-state index is 0.131. The molecule has 0 saturated carbocycles. The molecule has 3 amide bonds. The Morgan fingerprint density at radius 2 is 1.69 bits per heavy atom. The molecule has 0 bridgehead atoms. The van der Waals surface area contributed by atoms with Crippen molar-refractivity contribution >= 4 is 23.9 Å². The van der Waals surface area contributed by atoms with Gasteiger partial charge in [-0.05, 0) is 51.5 Å². The Morgan fingerprint density at radius 3 is 2.25 bits per heavy atom. The summed E-state index contributed by atoms with van der Waals surface area (Å²) in [6, 6.07) is 6.88. The Balaban J connectivity index is 2.10. The van der Waals surface area contributed by atoms with Gasteiger partial charge in [0.05, 0.1) is 0 Å². The van der Waals surface area contributed by atoms with E-state index in [1.165, 1.54) is 16.8 Å². The number of nitrogens with one attached hydrogen (secondary N) is 1. The minimum atomic E-state index is -0.901. The number of nitrogens with zero attached hydrogens (tertiary/aromatic N) is 2. The quantitative estimate of drug-likeness (QED) is 0.571. The molecule has 9 nitrogen and oxygen atoms in total. The van der Waals surface area contributed by atoms with Crippen molar-refractivity contribution in [2.45, 2.75) is 91.6 Å². The highest BCUT2D eigenvalue weighted by atomic mass is 16.6. The maximum Gasteiger partial charge on any atom is 0.410 e. The van der Waals surface area contributed by atoms with Crippen LogP contribution in [-0.2, 0) is 30.5 Å². The summed E-state index contributed by atoms with van der Waals surface area (Å²) in [5.41, 5.74) is -0.478. The van der Waals surface area contributed by atoms with Crippen molar-refractivity contribution in [3.05, 3.63) is 35.9 Å². The lowest BCUT2D eigenvalue weighted by Gasteiger charge is -2.36. The van der Waals surface area contributed by atoms with Crippen molar-refractivity contribution in [2.24, 2.45) is 5.41 Å². The molecular weight excluding hydrogens is 462 g/mol. The van der Waals surface area contributed by atoms with Crippen molar-refractivity contribution in [3.63, 3.8) is 0 Å². The standard InChI is InChI=1S/C27H41N3O6/c1-18(29(8)25(34)36-27(5,6)7)22(31)28-21(26(2,3)4)23(32)30-16-12-15-20(30)24(33)35-17-19-13-10-9-11-14-19/h9-11,13-14,18,20-21H,12,15-17H2,1-8H3,(H,28,31)/t18-,20-,21+/m0/s1. The minimum Gasteiger partial charge on any atom is -0.459 e. The van der Waals surface area contributed by atoms with E-state index >= 15 is 0 Å². The smallest absolute Gasteiger partial charge is 0.410 e. The van der Waals surface area contributed by atoms with Gasteiger partial charge in [0.1, 0.15) is 30.3 Å². The zero-order chi connectivity index (χ0) is 27.3. The second kappa shape index (κ2) is 11.8. The van der Waals surface area contributed by atoms with Gasteiger partial charge >= 0.3 is 12.1 Å². The monoisotopic (exact) mass is 503 g/mol. The normalized spacial score (nSPS) is 17.7. The molecule has 36 heavy (non-hydrogen) atoms.